The number of alkyl halides is 3. The molecule has 3 nitrogen and oxygen atoms in total. The van der Waals surface area contributed by atoms with E-state index in [-0.39, 0.29) is 17.0 Å². The molecular formula is C31H48BrF3N2O. The minimum atomic E-state index is -4.32. The molecule has 1 aromatic carbocycles. The Labute approximate surface area is 239 Å². The Morgan fingerprint density at radius 1 is 0.868 bits per heavy atom. The van der Waals surface area contributed by atoms with Crippen molar-refractivity contribution in [1.29, 1.82) is 0 Å². The second-order valence-corrected chi connectivity index (χ2v) is 11.2. The number of unbranched alkanes of at least 4 members (excludes halogenated alkanes) is 11. The van der Waals surface area contributed by atoms with Crippen LogP contribution in [0, 0.1) is 0 Å². The summed E-state index contributed by atoms with van der Waals surface area (Å²) in [7, 11) is 0. The average Bonchev–Trinajstić information content (AvgIpc) is 3.06. The summed E-state index contributed by atoms with van der Waals surface area (Å²) in [5.74, 6) is 1.05. The molecule has 1 N–H and O–H groups in total. The van der Waals surface area contributed by atoms with Gasteiger partial charge in [0, 0.05) is 24.0 Å². The third-order valence-corrected chi connectivity index (χ3v) is 8.34. The second kappa shape index (κ2) is 15.4. The fourth-order valence-corrected chi connectivity index (χ4v) is 5.98. The highest BCUT2D eigenvalue weighted by atomic mass is 79.9. The van der Waals surface area contributed by atoms with Gasteiger partial charge in [-0.3, -0.25) is 4.58 Å². The van der Waals surface area contributed by atoms with Gasteiger partial charge in [-0.05, 0) is 38.0 Å². The Bertz CT molecular complexity index is 926. The van der Waals surface area contributed by atoms with Crippen LogP contribution in [0.1, 0.15) is 122 Å². The topological polar surface area (TPSA) is 26.5 Å². The number of nitrogens with zero attached hydrogens (tertiary/aromatic N) is 2. The average molecular weight is 602 g/mol. The van der Waals surface area contributed by atoms with Crippen molar-refractivity contribution < 1.29 is 39.8 Å². The van der Waals surface area contributed by atoms with E-state index < -0.39 is 17.5 Å². The van der Waals surface area contributed by atoms with Crippen molar-refractivity contribution in [2.24, 2.45) is 0 Å². The van der Waals surface area contributed by atoms with E-state index in [1.165, 1.54) is 64.2 Å². The van der Waals surface area contributed by atoms with Gasteiger partial charge in [0.05, 0.1) is 18.7 Å². The number of rotatable bonds is 15. The zero-order valence-electron chi connectivity index (χ0n) is 23.7. The molecule has 1 atom stereocenters. The lowest BCUT2D eigenvalue weighted by Crippen LogP contribution is -3.00. The molecule has 0 radical (unpaired) electrons. The molecule has 0 saturated carbocycles. The van der Waals surface area contributed by atoms with Gasteiger partial charge in [-0.15, -0.1) is 0 Å². The molecule has 2 aliphatic rings. The minimum Gasteiger partial charge on any atom is -1.00 e. The monoisotopic (exact) mass is 600 g/mol. The molecule has 38 heavy (non-hydrogen) atoms. The van der Waals surface area contributed by atoms with E-state index in [0.29, 0.717) is 6.54 Å². The molecular weight excluding hydrogens is 553 g/mol. The lowest BCUT2D eigenvalue weighted by atomic mass is 9.96. The molecule has 216 valence electrons. The summed E-state index contributed by atoms with van der Waals surface area (Å²) in [6.45, 7) is 8.56. The van der Waals surface area contributed by atoms with Gasteiger partial charge < -0.3 is 22.1 Å². The number of benzene rings is 1. The van der Waals surface area contributed by atoms with Crippen LogP contribution in [0.5, 0.6) is 0 Å². The van der Waals surface area contributed by atoms with Crippen molar-refractivity contribution in [3.63, 3.8) is 0 Å². The molecule has 0 spiro atoms. The van der Waals surface area contributed by atoms with Crippen molar-refractivity contribution in [1.82, 2.24) is 4.90 Å². The summed E-state index contributed by atoms with van der Waals surface area (Å²) in [6.07, 6.45) is 12.8. The molecule has 0 saturated heterocycles. The van der Waals surface area contributed by atoms with Crippen LogP contribution < -0.4 is 17.0 Å². The Morgan fingerprint density at radius 2 is 1.39 bits per heavy atom. The fraction of sp³-hybridized carbons (Fsp3) is 0.710. The Morgan fingerprint density at radius 3 is 1.92 bits per heavy atom. The molecule has 3 rings (SSSR count). The first-order valence-corrected chi connectivity index (χ1v) is 14.6. The van der Waals surface area contributed by atoms with E-state index in [0.717, 1.165) is 73.5 Å². The van der Waals surface area contributed by atoms with E-state index in [4.69, 9.17) is 0 Å². The Kier molecular flexibility index (Phi) is 13.4. The van der Waals surface area contributed by atoms with E-state index in [1.807, 2.05) is 6.92 Å². The number of aliphatic hydroxyl groups is 1. The predicted molar refractivity (Wildman–Crippen MR) is 146 cm³/mol. The van der Waals surface area contributed by atoms with Crippen LogP contribution >= 0.6 is 0 Å². The van der Waals surface area contributed by atoms with Crippen LogP contribution in [-0.4, -0.2) is 39.2 Å². The van der Waals surface area contributed by atoms with E-state index in [2.05, 4.69) is 23.3 Å². The highest BCUT2D eigenvalue weighted by Crippen LogP contribution is 2.39. The molecule has 0 aromatic heterocycles. The first-order valence-electron chi connectivity index (χ1n) is 14.6. The Balaban J connectivity index is 0.00000507. The molecule has 2 aliphatic heterocycles. The summed E-state index contributed by atoms with van der Waals surface area (Å²) in [6, 6.07) is 5.46. The van der Waals surface area contributed by atoms with Crippen molar-refractivity contribution in [3.05, 3.63) is 46.5 Å². The quantitative estimate of drug-likeness (QED) is 0.214. The lowest BCUT2D eigenvalue weighted by Gasteiger charge is -2.34. The molecule has 7 heteroatoms. The summed E-state index contributed by atoms with van der Waals surface area (Å²) >= 11 is 0. The first-order chi connectivity index (χ1) is 17.7. The normalized spacial score (nSPS) is 19.7. The van der Waals surface area contributed by atoms with Gasteiger partial charge in [-0.2, -0.15) is 13.2 Å². The molecule has 1 aromatic rings. The van der Waals surface area contributed by atoms with Crippen LogP contribution in [0.15, 0.2) is 35.4 Å². The van der Waals surface area contributed by atoms with Crippen LogP contribution in [0.2, 0.25) is 0 Å². The van der Waals surface area contributed by atoms with E-state index >= 15 is 0 Å². The smallest absolute Gasteiger partial charge is 0.416 e. The van der Waals surface area contributed by atoms with Crippen LogP contribution in [0.4, 0.5) is 13.2 Å². The van der Waals surface area contributed by atoms with Gasteiger partial charge in [0.25, 0.3) is 5.84 Å². The lowest BCUT2D eigenvalue weighted by molar-refractivity contribution is -0.554. The molecule has 0 aliphatic carbocycles. The summed E-state index contributed by atoms with van der Waals surface area (Å²) in [5, 5.41) is 11.8. The largest absolute Gasteiger partial charge is 1.00 e. The number of amidine groups is 1. The highest BCUT2D eigenvalue weighted by Gasteiger charge is 2.53. The SMILES string of the molecule is CCCCCCCCCCCCCCC1(O)C(C)=C(C)C2=[N+](Cc3ccc(C(F)(F)F)cc3)CCCN21.[Br-]. The molecule has 2 heterocycles. The molecule has 0 fully saturated rings. The number of hydrogen-bond donors (Lipinski definition) is 1. The van der Waals surface area contributed by atoms with Crippen molar-refractivity contribution in [3.8, 4) is 0 Å². The van der Waals surface area contributed by atoms with Gasteiger partial charge in [-0.25, -0.2) is 4.90 Å². The van der Waals surface area contributed by atoms with Crippen LogP contribution in [0.3, 0.4) is 0 Å². The number of hydrogen-bond acceptors (Lipinski definition) is 2. The van der Waals surface area contributed by atoms with Crippen LogP contribution in [-0.2, 0) is 12.7 Å². The number of halogens is 4. The summed E-state index contributed by atoms with van der Waals surface area (Å²) < 4.78 is 41.1. The third-order valence-electron chi connectivity index (χ3n) is 8.34. The van der Waals surface area contributed by atoms with Gasteiger partial charge in [0.1, 0.15) is 6.54 Å². The van der Waals surface area contributed by atoms with Crippen molar-refractivity contribution in [2.45, 2.75) is 129 Å². The molecule has 0 amide bonds. The molecule has 0 bridgehead atoms. The van der Waals surface area contributed by atoms with E-state index in [9.17, 15) is 18.3 Å². The van der Waals surface area contributed by atoms with Crippen LogP contribution in [0.25, 0.3) is 0 Å². The third kappa shape index (κ3) is 8.58. The maximum absolute atomic E-state index is 12.9. The minimum absolute atomic E-state index is 0. The number of fused-ring (bicyclic) bond motifs is 1. The fourth-order valence-electron chi connectivity index (χ4n) is 5.98. The second-order valence-electron chi connectivity index (χ2n) is 11.2. The van der Waals surface area contributed by atoms with Gasteiger partial charge in [0.15, 0.2) is 0 Å². The van der Waals surface area contributed by atoms with Gasteiger partial charge >= 0.3 is 6.18 Å². The standard InChI is InChI=1S/C31H48F3N2O.BrH/c1-4-5-6-7-8-9-10-11-12-13-14-15-21-30(37)26(3)25(2)29-35(22-16-23-36(29)30)24-27-17-19-28(20-18-27)31(32,33)34;/h17-20,37H,4-16,21-24H2,1-3H3;1H/q+1;/p-1. The summed E-state index contributed by atoms with van der Waals surface area (Å²) in [5.41, 5.74) is 1.41. The van der Waals surface area contributed by atoms with Crippen molar-refractivity contribution in [2.75, 3.05) is 13.1 Å². The van der Waals surface area contributed by atoms with Crippen molar-refractivity contribution >= 4 is 5.84 Å². The predicted octanol–water partition coefficient (Wildman–Crippen LogP) is 5.46. The zero-order chi connectivity index (χ0) is 26.9. The maximum Gasteiger partial charge on any atom is 0.416 e. The van der Waals surface area contributed by atoms with E-state index in [1.54, 1.807) is 12.1 Å². The Hall–Kier alpha value is -1.34. The maximum atomic E-state index is 12.9. The first kappa shape index (κ1) is 32.9. The van der Waals surface area contributed by atoms with Gasteiger partial charge in [0.2, 0.25) is 5.72 Å². The highest BCUT2D eigenvalue weighted by molar-refractivity contribution is 5.98. The molecule has 1 unspecified atom stereocenters. The zero-order valence-corrected chi connectivity index (χ0v) is 25.3. The summed E-state index contributed by atoms with van der Waals surface area (Å²) in [4.78, 5) is 2.16. The van der Waals surface area contributed by atoms with Gasteiger partial charge in [-0.1, -0.05) is 89.7 Å².